The molecule has 2 rings (SSSR count). The van der Waals surface area contributed by atoms with E-state index in [1.54, 1.807) is 18.2 Å². The van der Waals surface area contributed by atoms with Crippen LogP contribution in [0.1, 0.15) is 24.8 Å². The number of hydrogen-bond acceptors (Lipinski definition) is 3. The number of ether oxygens (including phenoxy) is 1. The fraction of sp³-hybridized carbons (Fsp3) is 0.350. The second kappa shape index (κ2) is 10.5. The maximum Gasteiger partial charge on any atom is 0.222 e. The number of amides is 1. The third-order valence-electron chi connectivity index (χ3n) is 3.83. The summed E-state index contributed by atoms with van der Waals surface area (Å²) in [5.41, 5.74) is 6.67. The van der Waals surface area contributed by atoms with Gasteiger partial charge in [0, 0.05) is 19.5 Å². The van der Waals surface area contributed by atoms with Gasteiger partial charge in [-0.3, -0.25) is 4.79 Å². The second-order valence-corrected chi connectivity index (χ2v) is 5.83. The Morgan fingerprint density at radius 3 is 2.48 bits per heavy atom. The first-order valence-electron chi connectivity index (χ1n) is 8.60. The summed E-state index contributed by atoms with van der Waals surface area (Å²) < 4.78 is 18.9. The van der Waals surface area contributed by atoms with Gasteiger partial charge in [0.1, 0.15) is 0 Å². The lowest BCUT2D eigenvalue weighted by molar-refractivity contribution is -0.132. The Morgan fingerprint density at radius 2 is 1.76 bits per heavy atom. The fourth-order valence-electron chi connectivity index (χ4n) is 2.50. The zero-order chi connectivity index (χ0) is 17.9. The molecule has 0 radical (unpaired) electrons. The Bertz CT molecular complexity index is 649. The highest BCUT2D eigenvalue weighted by atomic mass is 19.1. The van der Waals surface area contributed by atoms with Crippen LogP contribution in [0.25, 0.3) is 0 Å². The van der Waals surface area contributed by atoms with Crippen LogP contribution < -0.4 is 10.5 Å². The third-order valence-corrected chi connectivity index (χ3v) is 3.83. The number of carbonyl (C=O) groups is 1. The largest absolute Gasteiger partial charge is 0.491 e. The molecule has 134 valence electrons. The van der Waals surface area contributed by atoms with Gasteiger partial charge >= 0.3 is 0 Å². The fourth-order valence-corrected chi connectivity index (χ4v) is 2.50. The van der Waals surface area contributed by atoms with Gasteiger partial charge in [-0.25, -0.2) is 4.39 Å². The zero-order valence-corrected chi connectivity index (χ0v) is 14.4. The molecule has 0 unspecified atom stereocenters. The number of hydrogen-bond donors (Lipinski definition) is 1. The lowest BCUT2D eigenvalue weighted by Gasteiger charge is -2.23. The molecule has 2 aromatic carbocycles. The molecule has 2 N–H and O–H groups in total. The van der Waals surface area contributed by atoms with Crippen molar-refractivity contribution >= 4 is 5.91 Å². The standard InChI is InChI=1S/C20H25FN2O2/c21-18-10-4-5-11-19(18)25-15-6-12-20(24)23(14-7-13-22)16-17-8-2-1-3-9-17/h1-5,8-11H,6-7,12-16,22H2. The lowest BCUT2D eigenvalue weighted by atomic mass is 10.2. The highest BCUT2D eigenvalue weighted by molar-refractivity contribution is 5.76. The van der Waals surface area contributed by atoms with Crippen LogP contribution in [-0.4, -0.2) is 30.5 Å². The van der Waals surface area contributed by atoms with Crippen LogP contribution in [0, 0.1) is 5.82 Å². The summed E-state index contributed by atoms with van der Waals surface area (Å²) in [5, 5.41) is 0. The van der Waals surface area contributed by atoms with Crippen molar-refractivity contribution in [2.24, 2.45) is 5.73 Å². The van der Waals surface area contributed by atoms with Crippen molar-refractivity contribution in [3.8, 4) is 5.75 Å². The second-order valence-electron chi connectivity index (χ2n) is 5.83. The van der Waals surface area contributed by atoms with Crippen LogP contribution in [0.15, 0.2) is 54.6 Å². The molecule has 0 spiro atoms. The van der Waals surface area contributed by atoms with Crippen molar-refractivity contribution in [3.63, 3.8) is 0 Å². The molecular weight excluding hydrogens is 319 g/mol. The minimum atomic E-state index is -0.387. The maximum atomic E-state index is 13.5. The van der Waals surface area contributed by atoms with Gasteiger partial charge in [-0.05, 0) is 37.1 Å². The van der Waals surface area contributed by atoms with E-state index in [1.165, 1.54) is 6.07 Å². The summed E-state index contributed by atoms with van der Waals surface area (Å²) in [6.07, 6.45) is 1.68. The van der Waals surface area contributed by atoms with Crippen molar-refractivity contribution in [1.29, 1.82) is 0 Å². The molecule has 0 saturated heterocycles. The van der Waals surface area contributed by atoms with E-state index >= 15 is 0 Å². The molecule has 0 aliphatic heterocycles. The Labute approximate surface area is 148 Å². The van der Waals surface area contributed by atoms with Gasteiger partial charge in [0.25, 0.3) is 0 Å². The van der Waals surface area contributed by atoms with Crippen molar-refractivity contribution in [2.75, 3.05) is 19.7 Å². The molecule has 0 aliphatic carbocycles. The van der Waals surface area contributed by atoms with Crippen LogP contribution in [0.4, 0.5) is 4.39 Å². The van der Waals surface area contributed by atoms with E-state index in [2.05, 4.69) is 0 Å². The molecule has 0 saturated carbocycles. The zero-order valence-electron chi connectivity index (χ0n) is 14.4. The molecule has 4 nitrogen and oxygen atoms in total. The number of para-hydroxylation sites is 1. The van der Waals surface area contributed by atoms with Crippen LogP contribution in [0.2, 0.25) is 0 Å². The van der Waals surface area contributed by atoms with Crippen LogP contribution in [-0.2, 0) is 11.3 Å². The highest BCUT2D eigenvalue weighted by Gasteiger charge is 2.13. The Hall–Kier alpha value is -2.40. The van der Waals surface area contributed by atoms with E-state index in [4.69, 9.17) is 10.5 Å². The van der Waals surface area contributed by atoms with Crippen molar-refractivity contribution in [3.05, 3.63) is 66.0 Å². The van der Waals surface area contributed by atoms with Crippen molar-refractivity contribution in [1.82, 2.24) is 4.90 Å². The highest BCUT2D eigenvalue weighted by Crippen LogP contribution is 2.16. The molecule has 5 heteroatoms. The molecule has 0 aromatic heterocycles. The molecule has 1 amide bonds. The number of nitrogens with two attached hydrogens (primary N) is 1. The number of nitrogens with zero attached hydrogens (tertiary/aromatic N) is 1. The minimum absolute atomic E-state index is 0.0643. The quantitative estimate of drug-likeness (QED) is 0.673. The van der Waals surface area contributed by atoms with Crippen LogP contribution in [0.3, 0.4) is 0 Å². The average Bonchev–Trinajstić information content (AvgIpc) is 2.64. The van der Waals surface area contributed by atoms with E-state index < -0.39 is 0 Å². The molecule has 0 fully saturated rings. The number of rotatable bonds is 10. The van der Waals surface area contributed by atoms with Gasteiger partial charge in [0.2, 0.25) is 5.91 Å². The topological polar surface area (TPSA) is 55.6 Å². The Balaban J connectivity index is 1.81. The first-order valence-corrected chi connectivity index (χ1v) is 8.60. The molecular formula is C20H25FN2O2. The summed E-state index contributed by atoms with van der Waals surface area (Å²) in [7, 11) is 0. The summed E-state index contributed by atoms with van der Waals surface area (Å²) in [5.74, 6) is -0.101. The number of halogens is 1. The smallest absolute Gasteiger partial charge is 0.222 e. The van der Waals surface area contributed by atoms with E-state index in [0.717, 1.165) is 12.0 Å². The van der Waals surface area contributed by atoms with Crippen molar-refractivity contribution in [2.45, 2.75) is 25.8 Å². The van der Waals surface area contributed by atoms with E-state index in [0.29, 0.717) is 39.1 Å². The molecule has 0 aliphatic rings. The third kappa shape index (κ3) is 6.55. The molecule has 0 atom stereocenters. The van der Waals surface area contributed by atoms with Gasteiger partial charge in [-0.1, -0.05) is 42.5 Å². The van der Waals surface area contributed by atoms with Crippen LogP contribution >= 0.6 is 0 Å². The molecule has 0 bridgehead atoms. The molecule has 2 aromatic rings. The van der Waals surface area contributed by atoms with E-state index in [9.17, 15) is 9.18 Å². The van der Waals surface area contributed by atoms with Gasteiger partial charge in [0.05, 0.1) is 6.61 Å². The molecule has 0 heterocycles. The summed E-state index contributed by atoms with van der Waals surface area (Å²) in [4.78, 5) is 14.3. The number of benzene rings is 2. The SMILES string of the molecule is NCCCN(Cc1ccccc1)C(=O)CCCOc1ccccc1F. The average molecular weight is 344 g/mol. The summed E-state index contributed by atoms with van der Waals surface area (Å²) in [6.45, 7) is 2.07. The predicted molar refractivity (Wildman–Crippen MR) is 96.7 cm³/mol. The van der Waals surface area contributed by atoms with Crippen LogP contribution in [0.5, 0.6) is 5.75 Å². The normalized spacial score (nSPS) is 10.5. The Kier molecular flexibility index (Phi) is 7.92. The molecule has 25 heavy (non-hydrogen) atoms. The monoisotopic (exact) mass is 344 g/mol. The summed E-state index contributed by atoms with van der Waals surface area (Å²) in [6, 6.07) is 16.2. The Morgan fingerprint density at radius 1 is 1.04 bits per heavy atom. The summed E-state index contributed by atoms with van der Waals surface area (Å²) >= 11 is 0. The predicted octanol–water partition coefficient (Wildman–Crippen LogP) is 3.36. The maximum absolute atomic E-state index is 13.5. The van der Waals surface area contributed by atoms with Gasteiger partial charge in [0.15, 0.2) is 11.6 Å². The van der Waals surface area contributed by atoms with E-state index in [1.807, 2.05) is 35.2 Å². The number of carbonyl (C=O) groups excluding carboxylic acids is 1. The first-order chi connectivity index (χ1) is 12.2. The van der Waals surface area contributed by atoms with E-state index in [-0.39, 0.29) is 17.5 Å². The lowest BCUT2D eigenvalue weighted by Crippen LogP contribution is -2.32. The van der Waals surface area contributed by atoms with Gasteiger partial charge in [-0.2, -0.15) is 0 Å². The van der Waals surface area contributed by atoms with Gasteiger partial charge in [-0.15, -0.1) is 0 Å². The van der Waals surface area contributed by atoms with Crippen molar-refractivity contribution < 1.29 is 13.9 Å². The minimum Gasteiger partial charge on any atom is -0.491 e. The van der Waals surface area contributed by atoms with Gasteiger partial charge < -0.3 is 15.4 Å². The first kappa shape index (κ1) is 18.9.